The molecule has 0 spiro atoms. The van der Waals surface area contributed by atoms with E-state index in [2.05, 4.69) is 37.8 Å². The van der Waals surface area contributed by atoms with Crippen LogP contribution in [0, 0.1) is 17.3 Å². The lowest BCUT2D eigenvalue weighted by Crippen LogP contribution is -2.43. The molecule has 0 saturated heterocycles. The molecule has 24 heavy (non-hydrogen) atoms. The second-order valence-electron chi connectivity index (χ2n) is 8.45. The van der Waals surface area contributed by atoms with Crippen molar-refractivity contribution < 1.29 is 9.47 Å². The molecule has 0 radical (unpaired) electrons. The zero-order valence-corrected chi connectivity index (χ0v) is 14.9. The van der Waals surface area contributed by atoms with Crippen LogP contribution in [0.15, 0.2) is 48.1 Å². The predicted octanol–water partition coefficient (Wildman–Crippen LogP) is 4.99. The Kier molecular flexibility index (Phi) is 4.53. The first-order valence-electron chi connectivity index (χ1n) is 9.59. The highest BCUT2D eigenvalue weighted by molar-refractivity contribution is 5.32. The summed E-state index contributed by atoms with van der Waals surface area (Å²) in [5.74, 6) is 1.88. The van der Waals surface area contributed by atoms with Gasteiger partial charge in [-0.2, -0.15) is 0 Å². The summed E-state index contributed by atoms with van der Waals surface area (Å²) < 4.78 is 12.2. The van der Waals surface area contributed by atoms with E-state index >= 15 is 0 Å². The van der Waals surface area contributed by atoms with Crippen molar-refractivity contribution in [1.82, 2.24) is 0 Å². The highest BCUT2D eigenvalue weighted by Gasteiger charge is 2.46. The van der Waals surface area contributed by atoms with E-state index in [-0.39, 0.29) is 12.2 Å². The molecule has 130 valence electrons. The van der Waals surface area contributed by atoms with Crippen molar-refractivity contribution in [3.63, 3.8) is 0 Å². The first-order chi connectivity index (χ1) is 11.6. The fourth-order valence-corrected chi connectivity index (χ4v) is 5.47. The fraction of sp³-hybridized carbons (Fsp3) is 0.636. The van der Waals surface area contributed by atoms with Crippen LogP contribution in [0.25, 0.3) is 0 Å². The SMILES string of the molecule is C=CC1=CCC(OC(C)COCC23C=C4CC(CC(C4)C2)C3)C=C1. The minimum atomic E-state index is 0.139. The standard InChI is InChI=1S/C22H30O2/c1-3-17-4-6-21(7-5-17)24-16(2)14-23-15-22-11-18-8-19(12-22)10-20(9-18)13-22/h3-6,11,16,19-21H,1,7-10,12-15H2,2H3. The summed E-state index contributed by atoms with van der Waals surface area (Å²) in [7, 11) is 0. The van der Waals surface area contributed by atoms with Crippen molar-refractivity contribution >= 4 is 0 Å². The first-order valence-corrected chi connectivity index (χ1v) is 9.59. The highest BCUT2D eigenvalue weighted by Crippen LogP contribution is 2.56. The lowest BCUT2D eigenvalue weighted by Gasteiger charge is -2.51. The van der Waals surface area contributed by atoms with Crippen LogP contribution in [0.2, 0.25) is 0 Å². The molecule has 5 aliphatic rings. The third-order valence-electron chi connectivity index (χ3n) is 6.14. The van der Waals surface area contributed by atoms with Gasteiger partial charge in [-0.25, -0.2) is 0 Å². The third kappa shape index (κ3) is 3.45. The Hall–Kier alpha value is -1.12. The maximum atomic E-state index is 6.14. The summed E-state index contributed by atoms with van der Waals surface area (Å²) in [4.78, 5) is 0. The summed E-state index contributed by atoms with van der Waals surface area (Å²) in [6, 6.07) is 0. The monoisotopic (exact) mass is 326 g/mol. The quantitative estimate of drug-likeness (QED) is 0.614. The van der Waals surface area contributed by atoms with E-state index in [0.29, 0.717) is 12.0 Å². The van der Waals surface area contributed by atoms with Gasteiger partial charge in [-0.3, -0.25) is 0 Å². The smallest absolute Gasteiger partial charge is 0.0798 e. The van der Waals surface area contributed by atoms with Gasteiger partial charge in [0.15, 0.2) is 0 Å². The molecule has 2 nitrogen and oxygen atoms in total. The number of hydrogen-bond donors (Lipinski definition) is 0. The molecule has 0 aliphatic heterocycles. The molecule has 5 aliphatic carbocycles. The van der Waals surface area contributed by atoms with Gasteiger partial charge in [-0.05, 0) is 62.9 Å². The van der Waals surface area contributed by atoms with Gasteiger partial charge in [-0.15, -0.1) is 0 Å². The second-order valence-corrected chi connectivity index (χ2v) is 8.45. The van der Waals surface area contributed by atoms with E-state index in [1.165, 1.54) is 37.7 Å². The molecule has 0 aromatic carbocycles. The average Bonchev–Trinajstić information content (AvgIpc) is 2.54. The molecular weight excluding hydrogens is 296 g/mol. The van der Waals surface area contributed by atoms with Crippen molar-refractivity contribution in [3.8, 4) is 0 Å². The van der Waals surface area contributed by atoms with Crippen LogP contribution in [0.5, 0.6) is 0 Å². The normalized spacial score (nSPS) is 38.0. The number of ether oxygens (including phenoxy) is 2. The van der Waals surface area contributed by atoms with E-state index in [1.807, 2.05) is 6.08 Å². The summed E-state index contributed by atoms with van der Waals surface area (Å²) in [5, 5.41) is 0. The predicted molar refractivity (Wildman–Crippen MR) is 97.8 cm³/mol. The molecule has 0 aromatic heterocycles. The molecule has 0 N–H and O–H groups in total. The van der Waals surface area contributed by atoms with Crippen LogP contribution >= 0.6 is 0 Å². The van der Waals surface area contributed by atoms with Gasteiger partial charge in [0.25, 0.3) is 0 Å². The minimum absolute atomic E-state index is 0.139. The zero-order chi connectivity index (χ0) is 16.6. The van der Waals surface area contributed by atoms with Crippen LogP contribution in [-0.2, 0) is 9.47 Å². The molecule has 4 unspecified atom stereocenters. The van der Waals surface area contributed by atoms with Crippen LogP contribution < -0.4 is 0 Å². The Bertz CT molecular complexity index is 567. The van der Waals surface area contributed by atoms with Gasteiger partial charge < -0.3 is 9.47 Å². The van der Waals surface area contributed by atoms with Crippen LogP contribution in [0.1, 0.15) is 45.4 Å². The molecular formula is C22H30O2. The largest absolute Gasteiger partial charge is 0.378 e. The molecule has 2 saturated carbocycles. The van der Waals surface area contributed by atoms with Gasteiger partial charge >= 0.3 is 0 Å². The van der Waals surface area contributed by atoms with Crippen LogP contribution in [0.3, 0.4) is 0 Å². The van der Waals surface area contributed by atoms with Crippen molar-refractivity contribution in [2.24, 2.45) is 17.3 Å². The molecule has 5 rings (SSSR count). The molecule has 0 heterocycles. The van der Waals surface area contributed by atoms with Crippen molar-refractivity contribution in [3.05, 3.63) is 48.1 Å². The molecule has 0 amide bonds. The molecule has 4 bridgehead atoms. The van der Waals surface area contributed by atoms with Gasteiger partial charge in [-0.1, -0.05) is 42.5 Å². The Morgan fingerprint density at radius 2 is 2.12 bits per heavy atom. The molecule has 2 heteroatoms. The maximum absolute atomic E-state index is 6.14. The highest BCUT2D eigenvalue weighted by atomic mass is 16.5. The third-order valence-corrected chi connectivity index (χ3v) is 6.14. The van der Waals surface area contributed by atoms with Crippen molar-refractivity contribution in [2.75, 3.05) is 13.2 Å². The number of hydrogen-bond acceptors (Lipinski definition) is 2. The molecule has 4 atom stereocenters. The number of allylic oxidation sites excluding steroid dienone is 4. The lowest BCUT2D eigenvalue weighted by molar-refractivity contribution is -0.0603. The summed E-state index contributed by atoms with van der Waals surface area (Å²) >= 11 is 0. The van der Waals surface area contributed by atoms with Crippen molar-refractivity contribution in [2.45, 2.75) is 57.7 Å². The second kappa shape index (κ2) is 6.65. The fourth-order valence-electron chi connectivity index (χ4n) is 5.47. The van der Waals surface area contributed by atoms with E-state index in [4.69, 9.17) is 9.47 Å². The first kappa shape index (κ1) is 16.4. The van der Waals surface area contributed by atoms with Gasteiger partial charge in [0.1, 0.15) is 0 Å². The van der Waals surface area contributed by atoms with E-state index < -0.39 is 0 Å². The average molecular weight is 326 g/mol. The van der Waals surface area contributed by atoms with Crippen LogP contribution in [0.4, 0.5) is 0 Å². The van der Waals surface area contributed by atoms with E-state index in [1.54, 1.807) is 5.57 Å². The molecule has 0 aromatic rings. The Morgan fingerprint density at radius 1 is 1.33 bits per heavy atom. The summed E-state index contributed by atoms with van der Waals surface area (Å²) in [6.45, 7) is 7.51. The van der Waals surface area contributed by atoms with Crippen molar-refractivity contribution in [1.29, 1.82) is 0 Å². The van der Waals surface area contributed by atoms with Crippen LogP contribution in [-0.4, -0.2) is 25.4 Å². The Balaban J connectivity index is 1.23. The lowest BCUT2D eigenvalue weighted by atomic mass is 9.55. The Labute approximate surface area is 146 Å². The molecule has 2 fully saturated rings. The summed E-state index contributed by atoms with van der Waals surface area (Å²) in [6.07, 6.45) is 19.0. The minimum Gasteiger partial charge on any atom is -0.378 e. The zero-order valence-electron chi connectivity index (χ0n) is 14.9. The maximum Gasteiger partial charge on any atom is 0.0798 e. The number of rotatable bonds is 7. The summed E-state index contributed by atoms with van der Waals surface area (Å²) in [5.41, 5.74) is 3.26. The van der Waals surface area contributed by atoms with Gasteiger partial charge in [0, 0.05) is 5.41 Å². The topological polar surface area (TPSA) is 18.5 Å². The van der Waals surface area contributed by atoms with Gasteiger partial charge in [0.2, 0.25) is 0 Å². The van der Waals surface area contributed by atoms with E-state index in [9.17, 15) is 0 Å². The Morgan fingerprint density at radius 3 is 2.75 bits per heavy atom. The van der Waals surface area contributed by atoms with Gasteiger partial charge in [0.05, 0.1) is 25.4 Å². The van der Waals surface area contributed by atoms with E-state index in [0.717, 1.165) is 24.9 Å².